The summed E-state index contributed by atoms with van der Waals surface area (Å²) in [5.41, 5.74) is 3.20. The average Bonchev–Trinajstić information content (AvgIpc) is 3.04. The average molecular weight is 491 g/mol. The fraction of sp³-hybridized carbons (Fsp3) is 0.450. The number of amides is 2. The van der Waals surface area contributed by atoms with E-state index < -0.39 is 53.2 Å². The van der Waals surface area contributed by atoms with E-state index in [4.69, 9.17) is 26.8 Å². The van der Waals surface area contributed by atoms with Crippen LogP contribution < -0.4 is 20.5 Å². The summed E-state index contributed by atoms with van der Waals surface area (Å²) in [4.78, 5) is 24.3. The molecule has 2 aromatic rings. The maximum Gasteiger partial charge on any atom is 0.435 e. The van der Waals surface area contributed by atoms with Crippen molar-refractivity contribution in [3.05, 3.63) is 40.8 Å². The Balaban J connectivity index is 1.32. The van der Waals surface area contributed by atoms with Crippen LogP contribution in [-0.4, -0.2) is 39.8 Å². The minimum Gasteiger partial charge on any atom is -0.480 e. The summed E-state index contributed by atoms with van der Waals surface area (Å²) in [7, 11) is 1.27. The number of nitrogens with zero attached hydrogens (tertiary/aromatic N) is 2. The highest BCUT2D eigenvalue weighted by molar-refractivity contribution is 6.30. The summed E-state index contributed by atoms with van der Waals surface area (Å²) in [6, 6.07) is 4.48. The van der Waals surface area contributed by atoms with Crippen LogP contribution in [0.5, 0.6) is 11.6 Å². The van der Waals surface area contributed by atoms with E-state index in [9.17, 15) is 27.2 Å². The molecule has 0 saturated heterocycles. The number of carbonyl (C=O) groups excluding carboxylic acids is 2. The number of ether oxygens (including phenoxy) is 2. The Morgan fingerprint density at radius 2 is 1.97 bits per heavy atom. The first-order valence-corrected chi connectivity index (χ1v) is 10.2. The summed E-state index contributed by atoms with van der Waals surface area (Å²) in [6.07, 6.45) is -4.44. The Kier molecular flexibility index (Phi) is 5.46. The lowest BCUT2D eigenvalue weighted by Crippen LogP contribution is -2.80. The van der Waals surface area contributed by atoms with Crippen molar-refractivity contribution in [1.29, 1.82) is 0 Å². The van der Waals surface area contributed by atoms with Gasteiger partial charge in [0.15, 0.2) is 18.4 Å². The fourth-order valence-electron chi connectivity index (χ4n) is 4.64. The van der Waals surface area contributed by atoms with Crippen LogP contribution in [0, 0.1) is 11.2 Å². The summed E-state index contributed by atoms with van der Waals surface area (Å²) in [5, 5.41) is 6.00. The second-order valence-corrected chi connectivity index (χ2v) is 8.88. The van der Waals surface area contributed by atoms with Crippen molar-refractivity contribution < 1.29 is 36.6 Å². The van der Waals surface area contributed by atoms with Crippen LogP contribution >= 0.6 is 11.6 Å². The van der Waals surface area contributed by atoms with Crippen LogP contribution in [0.15, 0.2) is 24.3 Å². The van der Waals surface area contributed by atoms with E-state index in [1.54, 1.807) is 0 Å². The predicted molar refractivity (Wildman–Crippen MR) is 106 cm³/mol. The number of aryl methyl sites for hydroxylation is 1. The van der Waals surface area contributed by atoms with Crippen molar-refractivity contribution in [3.8, 4) is 11.6 Å². The number of aromatic nitrogens is 2. The van der Waals surface area contributed by atoms with Gasteiger partial charge in [0, 0.05) is 30.1 Å². The summed E-state index contributed by atoms with van der Waals surface area (Å²) >= 11 is 5.65. The van der Waals surface area contributed by atoms with E-state index in [-0.39, 0.29) is 16.7 Å². The molecule has 0 radical (unpaired) electrons. The number of rotatable bonds is 8. The maximum absolute atomic E-state index is 13.7. The van der Waals surface area contributed by atoms with Gasteiger partial charge in [-0.3, -0.25) is 9.59 Å². The number of primary amides is 1. The quantitative estimate of drug-likeness (QED) is 0.553. The molecule has 3 aliphatic rings. The molecule has 0 spiro atoms. The largest absolute Gasteiger partial charge is 0.480 e. The zero-order valence-corrected chi connectivity index (χ0v) is 18.0. The van der Waals surface area contributed by atoms with E-state index in [0.717, 1.165) is 10.7 Å². The first-order chi connectivity index (χ1) is 15.3. The number of alkyl halides is 3. The molecule has 3 N–H and O–H groups in total. The molecule has 3 fully saturated rings. The van der Waals surface area contributed by atoms with E-state index in [2.05, 4.69) is 10.4 Å². The molecule has 1 aromatic carbocycles. The number of hydrogen-bond donors (Lipinski definition) is 2. The number of hydrogen-bond acceptors (Lipinski definition) is 5. The fourth-order valence-corrected chi connectivity index (χ4v) is 4.76. The maximum atomic E-state index is 13.7. The van der Waals surface area contributed by atoms with Crippen LogP contribution in [0.2, 0.25) is 5.02 Å². The Bertz CT molecular complexity index is 1100. The molecule has 1 heterocycles. The van der Waals surface area contributed by atoms with E-state index in [1.807, 2.05) is 0 Å². The van der Waals surface area contributed by atoms with Crippen LogP contribution in [0.1, 0.15) is 25.0 Å². The number of carbonyl (C=O) groups is 2. The molecule has 13 heteroatoms. The standard InChI is InChI=1S/C20H19ClF4N4O4/c1-29-15(5-13(28-29)20(23,24)25)32-6-14(30)27-19-7-18(8-19,9-19)16(17(26)31)33-10-2-3-11(21)12(22)4-10/h2-5,16H,6-9H2,1H3,(H2,26,31)(H,27,30). The van der Waals surface area contributed by atoms with Crippen molar-refractivity contribution >= 4 is 23.4 Å². The molecule has 1 atom stereocenters. The molecule has 1 unspecified atom stereocenters. The van der Waals surface area contributed by atoms with Crippen molar-refractivity contribution in [1.82, 2.24) is 15.1 Å². The second-order valence-electron chi connectivity index (χ2n) is 8.48. The molecule has 3 aliphatic carbocycles. The van der Waals surface area contributed by atoms with Crippen molar-refractivity contribution in [3.63, 3.8) is 0 Å². The number of halogens is 5. The molecule has 2 amide bonds. The van der Waals surface area contributed by atoms with Gasteiger partial charge in [-0.15, -0.1) is 0 Å². The lowest BCUT2D eigenvalue weighted by atomic mass is 9.37. The molecular formula is C20H19ClF4N4O4. The van der Waals surface area contributed by atoms with Gasteiger partial charge in [-0.05, 0) is 31.4 Å². The van der Waals surface area contributed by atoms with Gasteiger partial charge in [0.2, 0.25) is 5.88 Å². The smallest absolute Gasteiger partial charge is 0.435 e. The molecule has 8 nitrogen and oxygen atoms in total. The zero-order valence-electron chi connectivity index (χ0n) is 17.2. The van der Waals surface area contributed by atoms with Gasteiger partial charge in [-0.25, -0.2) is 9.07 Å². The first kappa shape index (κ1) is 23.1. The minimum absolute atomic E-state index is 0.0897. The predicted octanol–water partition coefficient (Wildman–Crippen LogP) is 2.58. The first-order valence-electron chi connectivity index (χ1n) is 9.79. The molecular weight excluding hydrogens is 472 g/mol. The Morgan fingerprint density at radius 1 is 1.30 bits per heavy atom. The molecule has 178 valence electrons. The second kappa shape index (κ2) is 7.79. The normalized spacial score (nSPS) is 24.3. The van der Waals surface area contributed by atoms with Gasteiger partial charge >= 0.3 is 6.18 Å². The van der Waals surface area contributed by atoms with Gasteiger partial charge in [0.25, 0.3) is 11.8 Å². The van der Waals surface area contributed by atoms with Gasteiger partial charge in [0.1, 0.15) is 11.6 Å². The third kappa shape index (κ3) is 4.31. The summed E-state index contributed by atoms with van der Waals surface area (Å²) in [6.45, 7) is -0.509. The van der Waals surface area contributed by atoms with Gasteiger partial charge in [-0.2, -0.15) is 18.3 Å². The van der Waals surface area contributed by atoms with Gasteiger partial charge in [-0.1, -0.05) is 11.6 Å². The molecule has 2 bridgehead atoms. The van der Waals surface area contributed by atoms with Crippen LogP contribution in [0.3, 0.4) is 0 Å². The van der Waals surface area contributed by atoms with E-state index in [0.29, 0.717) is 25.3 Å². The molecule has 1 aromatic heterocycles. The number of benzene rings is 1. The molecule has 3 saturated carbocycles. The lowest BCUT2D eigenvalue weighted by Gasteiger charge is -2.71. The summed E-state index contributed by atoms with van der Waals surface area (Å²) < 4.78 is 63.5. The lowest BCUT2D eigenvalue weighted by molar-refractivity contribution is -0.208. The van der Waals surface area contributed by atoms with Crippen LogP contribution in [0.4, 0.5) is 17.6 Å². The SMILES string of the molecule is Cn1nc(C(F)(F)F)cc1OCC(=O)NC12CC(C(Oc3ccc(Cl)c(F)c3)C(N)=O)(C1)C2. The highest BCUT2D eigenvalue weighted by Gasteiger charge is 2.73. The van der Waals surface area contributed by atoms with Crippen molar-refractivity contribution in [2.24, 2.45) is 18.2 Å². The number of nitrogens with one attached hydrogen (secondary N) is 1. The topological polar surface area (TPSA) is 108 Å². The molecule has 5 rings (SSSR count). The molecule has 33 heavy (non-hydrogen) atoms. The van der Waals surface area contributed by atoms with Crippen LogP contribution in [0.25, 0.3) is 0 Å². The highest BCUT2D eigenvalue weighted by Crippen LogP contribution is 2.69. The van der Waals surface area contributed by atoms with Gasteiger partial charge in [0.05, 0.1) is 5.02 Å². The van der Waals surface area contributed by atoms with E-state index >= 15 is 0 Å². The highest BCUT2D eigenvalue weighted by atomic mass is 35.5. The Morgan fingerprint density at radius 3 is 2.52 bits per heavy atom. The monoisotopic (exact) mass is 490 g/mol. The van der Waals surface area contributed by atoms with E-state index in [1.165, 1.54) is 19.2 Å². The zero-order chi connectivity index (χ0) is 24.2. The van der Waals surface area contributed by atoms with Crippen molar-refractivity contribution in [2.75, 3.05) is 6.61 Å². The third-order valence-electron chi connectivity index (χ3n) is 5.91. The Labute approximate surface area is 190 Å². The number of nitrogens with two attached hydrogens (primary N) is 1. The van der Waals surface area contributed by atoms with Crippen LogP contribution in [-0.2, 0) is 22.8 Å². The van der Waals surface area contributed by atoms with Gasteiger partial charge < -0.3 is 20.5 Å². The Hall–Kier alpha value is -3.02. The third-order valence-corrected chi connectivity index (χ3v) is 6.22. The molecule has 0 aliphatic heterocycles. The minimum atomic E-state index is -4.63. The van der Waals surface area contributed by atoms with Crippen molar-refractivity contribution in [2.45, 2.75) is 37.1 Å². The summed E-state index contributed by atoms with van der Waals surface area (Å²) in [5.74, 6) is -2.05.